The Morgan fingerprint density at radius 1 is 1.16 bits per heavy atom. The average molecular weight is 327 g/mol. The van der Waals surface area contributed by atoms with Gasteiger partial charge in [0.1, 0.15) is 11.5 Å². The second-order valence-electron chi connectivity index (χ2n) is 6.25. The van der Waals surface area contributed by atoms with Gasteiger partial charge in [0.2, 0.25) is 0 Å². The number of carbonyl (C=O) groups excluding carboxylic acids is 1. The standard InChI is InChI=1S/C10H16O.C6H6O.H2Se/c1-9(2)7-4-5-10(9,3)8(11)6-7;7-6-4-2-1-3-5-6;/h7H,4-6H2,1-3H3;1-5,7H;1H2. The molecule has 0 aliphatic heterocycles. The van der Waals surface area contributed by atoms with Crippen molar-refractivity contribution in [2.24, 2.45) is 16.7 Å². The van der Waals surface area contributed by atoms with E-state index in [0.717, 1.165) is 12.8 Å². The van der Waals surface area contributed by atoms with Crippen molar-refractivity contribution in [3.8, 4) is 5.75 Å². The van der Waals surface area contributed by atoms with E-state index in [9.17, 15) is 4.79 Å². The SMILES string of the molecule is CC12CCC(CC1=O)C2(C)C.Oc1ccccc1.[SeH2]. The van der Waals surface area contributed by atoms with Gasteiger partial charge < -0.3 is 5.11 Å². The van der Waals surface area contributed by atoms with Gasteiger partial charge in [0.15, 0.2) is 0 Å². The molecule has 2 nitrogen and oxygen atoms in total. The molecule has 19 heavy (non-hydrogen) atoms. The second kappa shape index (κ2) is 5.68. The Kier molecular flexibility index (Phi) is 4.86. The van der Waals surface area contributed by atoms with Gasteiger partial charge in [-0.1, -0.05) is 39.0 Å². The fraction of sp³-hybridized carbons (Fsp3) is 0.562. The zero-order valence-electron chi connectivity index (χ0n) is 11.9. The molecule has 106 valence electrons. The molecule has 0 spiro atoms. The number of benzene rings is 1. The molecule has 0 amide bonds. The van der Waals surface area contributed by atoms with Crippen LogP contribution in [0.5, 0.6) is 5.75 Å². The third kappa shape index (κ3) is 2.73. The summed E-state index contributed by atoms with van der Waals surface area (Å²) in [7, 11) is 0. The van der Waals surface area contributed by atoms with E-state index in [4.69, 9.17) is 5.11 Å². The summed E-state index contributed by atoms with van der Waals surface area (Å²) in [6.45, 7) is 6.67. The Hall–Kier alpha value is -0.791. The molecule has 0 aromatic heterocycles. The number of rotatable bonds is 0. The van der Waals surface area contributed by atoms with Crippen LogP contribution in [0.1, 0.15) is 40.0 Å². The molecule has 3 rings (SSSR count). The number of ketones is 1. The minimum absolute atomic E-state index is 0. The van der Waals surface area contributed by atoms with Crippen molar-refractivity contribution in [3.05, 3.63) is 30.3 Å². The number of phenolic OH excluding ortho intramolecular Hbond substituents is 1. The number of carbonyl (C=O) groups is 1. The third-order valence-electron chi connectivity index (χ3n) is 5.24. The number of hydrogen-bond donors (Lipinski definition) is 1. The number of Topliss-reactive ketones (excluding diaryl/α,β-unsaturated/α-hetero) is 1. The van der Waals surface area contributed by atoms with Gasteiger partial charge in [-0.25, -0.2) is 0 Å². The van der Waals surface area contributed by atoms with Gasteiger partial charge in [0.25, 0.3) is 0 Å². The number of fused-ring (bicyclic) bond motifs is 2. The van der Waals surface area contributed by atoms with Crippen molar-refractivity contribution < 1.29 is 9.90 Å². The molecule has 2 atom stereocenters. The van der Waals surface area contributed by atoms with Crippen LogP contribution in [0.15, 0.2) is 30.3 Å². The first kappa shape index (κ1) is 16.3. The number of aromatic hydroxyl groups is 1. The second-order valence-corrected chi connectivity index (χ2v) is 6.25. The predicted octanol–water partition coefficient (Wildman–Crippen LogP) is 2.88. The van der Waals surface area contributed by atoms with E-state index in [-0.39, 0.29) is 27.9 Å². The molecule has 1 aromatic carbocycles. The first-order valence-electron chi connectivity index (χ1n) is 6.65. The van der Waals surface area contributed by atoms with Crippen LogP contribution in [0, 0.1) is 16.7 Å². The third-order valence-corrected chi connectivity index (χ3v) is 5.24. The Balaban J connectivity index is 0.000000198. The summed E-state index contributed by atoms with van der Waals surface area (Å²) >= 11 is 0. The molecule has 2 unspecified atom stereocenters. The van der Waals surface area contributed by atoms with Crippen LogP contribution in [-0.2, 0) is 4.79 Å². The van der Waals surface area contributed by atoms with Crippen molar-refractivity contribution in [2.75, 3.05) is 0 Å². The van der Waals surface area contributed by atoms with Crippen LogP contribution < -0.4 is 0 Å². The molecule has 2 bridgehead atoms. The Morgan fingerprint density at radius 3 is 1.95 bits per heavy atom. The summed E-state index contributed by atoms with van der Waals surface area (Å²) in [5.74, 6) is 1.52. The summed E-state index contributed by atoms with van der Waals surface area (Å²) in [4.78, 5) is 11.6. The van der Waals surface area contributed by atoms with Gasteiger partial charge in [-0.15, -0.1) is 0 Å². The van der Waals surface area contributed by atoms with Crippen molar-refractivity contribution in [3.63, 3.8) is 0 Å². The maximum atomic E-state index is 11.6. The molecule has 2 saturated carbocycles. The number of hydrogen-bond acceptors (Lipinski definition) is 2. The average Bonchev–Trinajstić information content (AvgIpc) is 2.64. The first-order chi connectivity index (χ1) is 8.38. The number of para-hydroxylation sites is 1. The normalized spacial score (nSPS) is 30.3. The Bertz CT molecular complexity index is 441. The van der Waals surface area contributed by atoms with Crippen molar-refractivity contribution in [1.29, 1.82) is 0 Å². The molecular weight excluding hydrogens is 303 g/mol. The molecule has 0 heterocycles. The molecule has 3 heteroatoms. The van der Waals surface area contributed by atoms with Crippen LogP contribution in [-0.4, -0.2) is 28.0 Å². The summed E-state index contributed by atoms with van der Waals surface area (Å²) in [6.07, 6.45) is 3.25. The van der Waals surface area contributed by atoms with Crippen LogP contribution in [0.3, 0.4) is 0 Å². The fourth-order valence-electron chi connectivity index (χ4n) is 3.33. The van der Waals surface area contributed by atoms with Crippen molar-refractivity contribution >= 4 is 22.9 Å². The molecule has 2 aliphatic carbocycles. The predicted molar refractivity (Wildman–Crippen MR) is 80.9 cm³/mol. The van der Waals surface area contributed by atoms with E-state index in [1.165, 1.54) is 6.42 Å². The number of phenols is 1. The minimum atomic E-state index is 0. The molecule has 0 saturated heterocycles. The molecule has 0 radical (unpaired) electrons. The van der Waals surface area contributed by atoms with Crippen molar-refractivity contribution in [1.82, 2.24) is 0 Å². The van der Waals surface area contributed by atoms with Gasteiger partial charge >= 0.3 is 17.1 Å². The van der Waals surface area contributed by atoms with E-state index < -0.39 is 0 Å². The van der Waals surface area contributed by atoms with E-state index in [1.54, 1.807) is 24.3 Å². The van der Waals surface area contributed by atoms with E-state index in [2.05, 4.69) is 20.8 Å². The summed E-state index contributed by atoms with van der Waals surface area (Å²) in [6, 6.07) is 8.71. The van der Waals surface area contributed by atoms with Gasteiger partial charge in [-0.3, -0.25) is 4.79 Å². The molecule has 1 N–H and O–H groups in total. The molecule has 2 fully saturated rings. The van der Waals surface area contributed by atoms with Crippen molar-refractivity contribution in [2.45, 2.75) is 40.0 Å². The van der Waals surface area contributed by atoms with Gasteiger partial charge in [0, 0.05) is 11.8 Å². The quantitative estimate of drug-likeness (QED) is 0.744. The topological polar surface area (TPSA) is 37.3 Å². The fourth-order valence-corrected chi connectivity index (χ4v) is 3.33. The van der Waals surface area contributed by atoms with Crippen LogP contribution in [0.2, 0.25) is 0 Å². The summed E-state index contributed by atoms with van der Waals surface area (Å²) in [5.41, 5.74) is 0.307. The van der Waals surface area contributed by atoms with E-state index >= 15 is 0 Å². The summed E-state index contributed by atoms with van der Waals surface area (Å²) in [5, 5.41) is 8.63. The van der Waals surface area contributed by atoms with Crippen LogP contribution in [0.25, 0.3) is 0 Å². The van der Waals surface area contributed by atoms with E-state index in [1.807, 2.05) is 6.07 Å². The van der Waals surface area contributed by atoms with E-state index in [0.29, 0.717) is 17.5 Å². The van der Waals surface area contributed by atoms with Gasteiger partial charge in [-0.2, -0.15) is 0 Å². The molecule has 1 aromatic rings. The van der Waals surface area contributed by atoms with Crippen LogP contribution in [0.4, 0.5) is 0 Å². The molecule has 2 aliphatic rings. The van der Waals surface area contributed by atoms with Gasteiger partial charge in [-0.05, 0) is 36.3 Å². The maximum absolute atomic E-state index is 11.6. The summed E-state index contributed by atoms with van der Waals surface area (Å²) < 4.78 is 0. The van der Waals surface area contributed by atoms with Crippen LogP contribution >= 0.6 is 0 Å². The molecular formula is C16H24O2Se. The zero-order valence-corrected chi connectivity index (χ0v) is 14.0. The van der Waals surface area contributed by atoms with Gasteiger partial charge in [0.05, 0.1) is 0 Å². The zero-order chi connectivity index (χ0) is 13.4. The Morgan fingerprint density at radius 2 is 1.74 bits per heavy atom. The monoisotopic (exact) mass is 328 g/mol. The Labute approximate surface area is 126 Å². The first-order valence-corrected chi connectivity index (χ1v) is 6.65.